The van der Waals surface area contributed by atoms with E-state index in [9.17, 15) is 28.2 Å². The first-order valence-electron chi connectivity index (χ1n) is 8.99. The standard InChI is InChI=1S/C16H21F3N6O5S/c1-31-7(15(21,14(28)29)16(17,18)19)3-2-6-9(26)10(27)13(30-6)25-5-24-8-11(20)22-4-23-12(8)25/h4-7,9-10,13,26-27H,2-3,21H2,1H3,(H,28,29)(H2,20,22,23)/t6-,7+,9-,10-,13-,15+/m1/s1. The fourth-order valence-electron chi connectivity index (χ4n) is 3.54. The molecule has 0 unspecified atom stereocenters. The highest BCUT2D eigenvalue weighted by Gasteiger charge is 2.62. The first kappa shape index (κ1) is 23.5. The summed E-state index contributed by atoms with van der Waals surface area (Å²) in [4.78, 5) is 23.2. The summed E-state index contributed by atoms with van der Waals surface area (Å²) in [6, 6.07) is 0. The van der Waals surface area contributed by atoms with E-state index >= 15 is 0 Å². The predicted molar refractivity (Wildman–Crippen MR) is 103 cm³/mol. The highest BCUT2D eigenvalue weighted by Crippen LogP contribution is 2.40. The number of carboxylic acids is 1. The number of halogens is 3. The Labute approximate surface area is 177 Å². The number of aliphatic hydroxyl groups excluding tert-OH is 2. The largest absolute Gasteiger partial charge is 0.480 e. The molecule has 172 valence electrons. The van der Waals surface area contributed by atoms with E-state index in [1.54, 1.807) is 0 Å². The van der Waals surface area contributed by atoms with Gasteiger partial charge in [0.05, 0.1) is 12.4 Å². The fourth-order valence-corrected chi connectivity index (χ4v) is 4.52. The van der Waals surface area contributed by atoms with Crippen LogP contribution in [0.1, 0.15) is 19.1 Å². The molecule has 0 spiro atoms. The number of nitrogens with two attached hydrogens (primary N) is 2. The molecule has 1 saturated heterocycles. The van der Waals surface area contributed by atoms with Crippen molar-refractivity contribution in [1.29, 1.82) is 0 Å². The summed E-state index contributed by atoms with van der Waals surface area (Å²) in [5, 5.41) is 28.4. The lowest BCUT2D eigenvalue weighted by Crippen LogP contribution is -2.66. The van der Waals surface area contributed by atoms with Gasteiger partial charge in [-0.15, -0.1) is 0 Å². The number of nitrogens with zero attached hydrogens (tertiary/aromatic N) is 4. The summed E-state index contributed by atoms with van der Waals surface area (Å²) in [6.45, 7) is 0. The normalized spacial score (nSPS) is 27.3. The minimum Gasteiger partial charge on any atom is -0.480 e. The summed E-state index contributed by atoms with van der Waals surface area (Å²) in [5.74, 6) is -2.11. The van der Waals surface area contributed by atoms with Crippen molar-refractivity contribution in [3.8, 4) is 0 Å². The number of hydrogen-bond acceptors (Lipinski definition) is 10. The van der Waals surface area contributed by atoms with E-state index < -0.39 is 47.5 Å². The van der Waals surface area contributed by atoms with Crippen molar-refractivity contribution in [3.63, 3.8) is 0 Å². The number of ether oxygens (including phenoxy) is 1. The molecule has 1 aliphatic heterocycles. The van der Waals surface area contributed by atoms with Gasteiger partial charge in [0, 0.05) is 5.25 Å². The zero-order chi connectivity index (χ0) is 23.1. The summed E-state index contributed by atoms with van der Waals surface area (Å²) in [6.07, 6.45) is -7.08. The number of carboxylic acid groups (broad SMARTS) is 1. The highest BCUT2D eigenvalue weighted by atomic mass is 32.2. The van der Waals surface area contributed by atoms with Crippen molar-refractivity contribution >= 4 is 34.7 Å². The van der Waals surface area contributed by atoms with Crippen molar-refractivity contribution in [2.45, 2.75) is 54.3 Å². The number of aliphatic carboxylic acids is 1. The van der Waals surface area contributed by atoms with Crippen molar-refractivity contribution in [2.24, 2.45) is 5.73 Å². The molecule has 0 aromatic carbocycles. The topological polar surface area (TPSA) is 183 Å². The summed E-state index contributed by atoms with van der Waals surface area (Å²) >= 11 is 0.648. The van der Waals surface area contributed by atoms with Crippen molar-refractivity contribution < 1.29 is 38.0 Å². The van der Waals surface area contributed by atoms with Crippen LogP contribution in [0.25, 0.3) is 11.2 Å². The van der Waals surface area contributed by atoms with E-state index in [0.29, 0.717) is 11.8 Å². The Balaban J connectivity index is 1.78. The minimum absolute atomic E-state index is 0.0938. The summed E-state index contributed by atoms with van der Waals surface area (Å²) in [7, 11) is 0. The Hall–Kier alpha value is -2.20. The Bertz CT molecular complexity index is 961. The minimum atomic E-state index is -5.20. The van der Waals surface area contributed by atoms with Gasteiger partial charge in [-0.25, -0.2) is 19.7 Å². The van der Waals surface area contributed by atoms with Gasteiger partial charge < -0.3 is 31.5 Å². The number of aromatic nitrogens is 4. The molecular weight excluding hydrogens is 445 g/mol. The monoisotopic (exact) mass is 466 g/mol. The van der Waals surface area contributed by atoms with E-state index in [1.807, 2.05) is 0 Å². The first-order chi connectivity index (χ1) is 14.4. The Morgan fingerprint density at radius 3 is 2.58 bits per heavy atom. The quantitative estimate of drug-likeness (QED) is 0.367. The second kappa shape index (κ2) is 8.38. The zero-order valence-corrected chi connectivity index (χ0v) is 16.9. The van der Waals surface area contributed by atoms with Gasteiger partial charge in [0.2, 0.25) is 5.54 Å². The van der Waals surface area contributed by atoms with Crippen LogP contribution in [-0.2, 0) is 9.53 Å². The number of anilines is 1. The number of carbonyl (C=O) groups is 1. The van der Waals surface area contributed by atoms with Crippen LogP contribution in [0.4, 0.5) is 19.0 Å². The van der Waals surface area contributed by atoms with Gasteiger partial charge in [0.15, 0.2) is 17.7 Å². The fraction of sp³-hybridized carbons (Fsp3) is 0.625. The van der Waals surface area contributed by atoms with E-state index in [-0.39, 0.29) is 29.8 Å². The summed E-state index contributed by atoms with van der Waals surface area (Å²) in [5.41, 5.74) is 7.98. The molecule has 31 heavy (non-hydrogen) atoms. The number of alkyl halides is 3. The average Bonchev–Trinajstić information content (AvgIpc) is 3.24. The lowest BCUT2D eigenvalue weighted by atomic mass is 9.90. The molecule has 6 atom stereocenters. The van der Waals surface area contributed by atoms with Crippen molar-refractivity contribution in [3.05, 3.63) is 12.7 Å². The van der Waals surface area contributed by atoms with Crippen LogP contribution in [-0.4, -0.2) is 82.3 Å². The summed E-state index contributed by atoms with van der Waals surface area (Å²) < 4.78 is 47.2. The van der Waals surface area contributed by atoms with E-state index in [0.717, 1.165) is 0 Å². The van der Waals surface area contributed by atoms with Crippen LogP contribution < -0.4 is 11.5 Å². The number of imidazole rings is 1. The molecular formula is C16H21F3N6O5S. The molecule has 1 aliphatic rings. The van der Waals surface area contributed by atoms with Gasteiger partial charge in [-0.3, -0.25) is 4.57 Å². The molecule has 0 radical (unpaired) electrons. The molecule has 0 aliphatic carbocycles. The van der Waals surface area contributed by atoms with Crippen LogP contribution >= 0.6 is 11.8 Å². The Kier molecular flexibility index (Phi) is 6.35. The van der Waals surface area contributed by atoms with Crippen LogP contribution in [0.3, 0.4) is 0 Å². The number of thioether (sulfide) groups is 1. The van der Waals surface area contributed by atoms with E-state index in [2.05, 4.69) is 15.0 Å². The van der Waals surface area contributed by atoms with Gasteiger partial charge in [0.25, 0.3) is 0 Å². The second-order valence-electron chi connectivity index (χ2n) is 7.10. The number of hydrogen-bond donors (Lipinski definition) is 5. The third kappa shape index (κ3) is 3.91. The highest BCUT2D eigenvalue weighted by molar-refractivity contribution is 7.99. The number of aliphatic hydroxyl groups is 2. The first-order valence-corrected chi connectivity index (χ1v) is 10.3. The van der Waals surface area contributed by atoms with Crippen LogP contribution in [0.2, 0.25) is 0 Å². The molecule has 2 aromatic heterocycles. The number of rotatable bonds is 7. The lowest BCUT2D eigenvalue weighted by Gasteiger charge is -2.34. The smallest absolute Gasteiger partial charge is 0.418 e. The van der Waals surface area contributed by atoms with Gasteiger partial charge in [-0.1, -0.05) is 0 Å². The predicted octanol–water partition coefficient (Wildman–Crippen LogP) is -0.116. The maximum atomic E-state index is 13.4. The number of nitrogen functional groups attached to an aromatic ring is 1. The molecule has 0 amide bonds. The van der Waals surface area contributed by atoms with Crippen LogP contribution in [0, 0.1) is 0 Å². The average molecular weight is 466 g/mol. The molecule has 11 nitrogen and oxygen atoms in total. The molecule has 3 rings (SSSR count). The van der Waals surface area contributed by atoms with Crippen LogP contribution in [0.5, 0.6) is 0 Å². The van der Waals surface area contributed by atoms with Gasteiger partial charge in [0.1, 0.15) is 24.1 Å². The molecule has 3 heterocycles. The van der Waals surface area contributed by atoms with E-state index in [4.69, 9.17) is 21.3 Å². The van der Waals surface area contributed by atoms with Gasteiger partial charge in [-0.05, 0) is 19.1 Å². The maximum absolute atomic E-state index is 13.4. The number of fused-ring (bicyclic) bond motifs is 1. The third-order valence-electron chi connectivity index (χ3n) is 5.33. The molecule has 2 aromatic rings. The van der Waals surface area contributed by atoms with Gasteiger partial charge in [-0.2, -0.15) is 24.9 Å². The van der Waals surface area contributed by atoms with Gasteiger partial charge >= 0.3 is 12.1 Å². The molecule has 7 N–H and O–H groups in total. The Morgan fingerprint density at radius 1 is 1.32 bits per heavy atom. The molecule has 1 fully saturated rings. The van der Waals surface area contributed by atoms with Crippen LogP contribution in [0.15, 0.2) is 12.7 Å². The van der Waals surface area contributed by atoms with Crippen molar-refractivity contribution in [1.82, 2.24) is 19.5 Å². The van der Waals surface area contributed by atoms with Crippen molar-refractivity contribution in [2.75, 3.05) is 12.0 Å². The maximum Gasteiger partial charge on any atom is 0.418 e. The molecule has 15 heteroatoms. The third-order valence-corrected chi connectivity index (χ3v) is 6.50. The molecule has 0 bridgehead atoms. The SMILES string of the molecule is CS[C@@H](CC[C@H]1O[C@@H](n2cnc3c(N)ncnc32)[C@H](O)[C@@H]1O)[C@](N)(C(=O)O)C(F)(F)F. The Morgan fingerprint density at radius 2 is 2.00 bits per heavy atom. The second-order valence-corrected chi connectivity index (χ2v) is 8.14. The molecule has 0 saturated carbocycles. The van der Waals surface area contributed by atoms with E-state index in [1.165, 1.54) is 23.5 Å². The lowest BCUT2D eigenvalue weighted by molar-refractivity contribution is -0.202. The zero-order valence-electron chi connectivity index (χ0n) is 16.1.